The van der Waals surface area contributed by atoms with E-state index in [1.165, 1.54) is 0 Å². The maximum atomic E-state index is 12.6. The summed E-state index contributed by atoms with van der Waals surface area (Å²) in [5, 5.41) is 0. The number of ether oxygens (including phenoxy) is 2. The van der Waals surface area contributed by atoms with Crippen molar-refractivity contribution in [2.75, 3.05) is 21.3 Å². The highest BCUT2D eigenvalue weighted by molar-refractivity contribution is 5.99. The first-order chi connectivity index (χ1) is 11.1. The van der Waals surface area contributed by atoms with Crippen molar-refractivity contribution >= 4 is 5.78 Å². The van der Waals surface area contributed by atoms with E-state index in [0.717, 1.165) is 5.56 Å². The summed E-state index contributed by atoms with van der Waals surface area (Å²) in [6, 6.07) is 9.14. The highest BCUT2D eigenvalue weighted by Crippen LogP contribution is 2.28. The molecule has 0 spiro atoms. The van der Waals surface area contributed by atoms with E-state index >= 15 is 0 Å². The Morgan fingerprint density at radius 3 is 2.35 bits per heavy atom. The quantitative estimate of drug-likeness (QED) is 0.581. The molecule has 23 heavy (non-hydrogen) atoms. The molecule has 2 aromatic rings. The van der Waals surface area contributed by atoms with Gasteiger partial charge in [0.2, 0.25) is 12.4 Å². The largest absolute Gasteiger partial charge is 0.497 e. The van der Waals surface area contributed by atoms with Gasteiger partial charge in [-0.25, -0.2) is 0 Å². The Kier molecular flexibility index (Phi) is 5.57. The summed E-state index contributed by atoms with van der Waals surface area (Å²) >= 11 is 0. The van der Waals surface area contributed by atoms with E-state index in [0.29, 0.717) is 23.5 Å². The second kappa shape index (κ2) is 7.63. The lowest BCUT2D eigenvalue weighted by atomic mass is 9.93. The van der Waals surface area contributed by atoms with Crippen molar-refractivity contribution in [3.63, 3.8) is 0 Å². The fraction of sp³-hybridized carbons (Fsp3) is 0.333. The van der Waals surface area contributed by atoms with Crippen LogP contribution < -0.4 is 19.0 Å². The van der Waals surface area contributed by atoms with Gasteiger partial charge in [0.1, 0.15) is 18.6 Å². The van der Waals surface area contributed by atoms with Crippen molar-refractivity contribution in [1.29, 1.82) is 0 Å². The number of carbonyl (C=O) groups is 1. The van der Waals surface area contributed by atoms with Gasteiger partial charge in [-0.15, -0.1) is 0 Å². The molecule has 5 nitrogen and oxygen atoms in total. The number of carbonyl (C=O) groups excluding carboxylic acids is 1. The van der Waals surface area contributed by atoms with Gasteiger partial charge in [-0.05, 0) is 23.6 Å². The lowest BCUT2D eigenvalue weighted by Crippen LogP contribution is -2.39. The van der Waals surface area contributed by atoms with Crippen molar-refractivity contribution in [2.45, 2.75) is 19.3 Å². The number of hydrogen-bond donors (Lipinski definition) is 0. The fourth-order valence-corrected chi connectivity index (χ4v) is 2.41. The average molecular weight is 316 g/mol. The van der Waals surface area contributed by atoms with Crippen LogP contribution in [0.4, 0.5) is 0 Å². The predicted molar refractivity (Wildman–Crippen MR) is 86.0 cm³/mol. The first-order valence-corrected chi connectivity index (χ1v) is 7.40. The number of ketones is 1. The van der Waals surface area contributed by atoms with Crippen LogP contribution in [-0.4, -0.2) is 27.1 Å². The monoisotopic (exact) mass is 316 g/mol. The number of aromatic nitrogens is 1. The van der Waals surface area contributed by atoms with Gasteiger partial charge in [-0.2, -0.15) is 0 Å². The minimum absolute atomic E-state index is 0.0421. The molecule has 5 heteroatoms. The van der Waals surface area contributed by atoms with Crippen molar-refractivity contribution in [3.05, 3.63) is 53.9 Å². The van der Waals surface area contributed by atoms with Gasteiger partial charge < -0.3 is 9.47 Å². The summed E-state index contributed by atoms with van der Waals surface area (Å²) in [7, 11) is 4.73. The zero-order valence-electron chi connectivity index (χ0n) is 13.9. The summed E-state index contributed by atoms with van der Waals surface area (Å²) in [5.41, 5.74) is 1.65. The molecule has 0 aliphatic carbocycles. The van der Waals surface area contributed by atoms with Crippen LogP contribution in [0.25, 0.3) is 0 Å². The highest BCUT2D eigenvalue weighted by atomic mass is 16.6. The molecule has 0 aliphatic heterocycles. The Morgan fingerprint density at radius 2 is 1.78 bits per heavy atom. The van der Waals surface area contributed by atoms with E-state index in [2.05, 4.69) is 0 Å². The van der Waals surface area contributed by atoms with Crippen LogP contribution in [0.3, 0.4) is 0 Å². The third-order valence-electron chi connectivity index (χ3n) is 3.81. The molecular weight excluding hydrogens is 294 g/mol. The summed E-state index contributed by atoms with van der Waals surface area (Å²) in [5.74, 6) is 1.34. The third kappa shape index (κ3) is 4.00. The second-order valence-corrected chi connectivity index (χ2v) is 5.27. The fourth-order valence-electron chi connectivity index (χ4n) is 2.41. The molecule has 0 aliphatic rings. The number of methoxy groups -OCH3 is 2. The Hall–Kier alpha value is -2.56. The van der Waals surface area contributed by atoms with Gasteiger partial charge in [0.15, 0.2) is 5.78 Å². The van der Waals surface area contributed by atoms with Gasteiger partial charge in [0, 0.05) is 29.4 Å². The first kappa shape index (κ1) is 16.8. The zero-order valence-corrected chi connectivity index (χ0v) is 13.9. The number of pyridine rings is 1. The summed E-state index contributed by atoms with van der Waals surface area (Å²) in [6.45, 7) is 2.03. The maximum absolute atomic E-state index is 12.6. The number of benzene rings is 1. The summed E-state index contributed by atoms with van der Waals surface area (Å²) in [4.78, 5) is 17.7. The standard InChI is InChI=1S/C18H22NO4/c1-13(14-7-9-19(23-4)10-8-14)11-17(20)16-6-5-15(21-2)12-18(16)22-3/h5-10,12-13H,11H2,1-4H3/q+1. The van der Waals surface area contributed by atoms with E-state index in [4.69, 9.17) is 14.3 Å². The van der Waals surface area contributed by atoms with Crippen LogP contribution in [0.1, 0.15) is 35.2 Å². The second-order valence-electron chi connectivity index (χ2n) is 5.27. The summed E-state index contributed by atoms with van der Waals surface area (Å²) < 4.78 is 12.1. The topological polar surface area (TPSA) is 48.6 Å². The molecule has 1 aromatic carbocycles. The number of nitrogens with zero attached hydrogens (tertiary/aromatic N) is 1. The molecule has 0 amide bonds. The van der Waals surface area contributed by atoms with Gasteiger partial charge >= 0.3 is 0 Å². The third-order valence-corrected chi connectivity index (χ3v) is 3.81. The van der Waals surface area contributed by atoms with Crippen LogP contribution in [-0.2, 0) is 0 Å². The Bertz CT molecular complexity index is 667. The van der Waals surface area contributed by atoms with Crippen molar-refractivity contribution < 1.29 is 23.8 Å². The Labute approximate surface area is 136 Å². The van der Waals surface area contributed by atoms with E-state index in [9.17, 15) is 4.79 Å². The SMILES string of the molecule is COc1ccc(C(=O)CC(C)c2cc[n+](OC)cc2)c(OC)c1. The maximum Gasteiger partial charge on any atom is 0.222 e. The van der Waals surface area contributed by atoms with Crippen molar-refractivity contribution in [3.8, 4) is 11.5 Å². The molecular formula is C18H22NO4+. The number of Topliss-reactive ketones (excluding diaryl/α,β-unsaturated/α-hetero) is 1. The molecule has 1 atom stereocenters. The molecule has 0 bridgehead atoms. The van der Waals surface area contributed by atoms with E-state index in [-0.39, 0.29) is 11.7 Å². The molecule has 0 fully saturated rings. The van der Waals surface area contributed by atoms with E-state index in [1.807, 2.05) is 31.5 Å². The Morgan fingerprint density at radius 1 is 1.09 bits per heavy atom. The first-order valence-electron chi connectivity index (χ1n) is 7.40. The number of hydrogen-bond acceptors (Lipinski definition) is 4. The molecule has 1 aromatic heterocycles. The smallest absolute Gasteiger partial charge is 0.222 e. The van der Waals surface area contributed by atoms with Crippen molar-refractivity contribution in [2.24, 2.45) is 0 Å². The van der Waals surface area contributed by atoms with Crippen LogP contribution in [0.15, 0.2) is 42.7 Å². The molecule has 0 saturated heterocycles. The lowest BCUT2D eigenvalue weighted by molar-refractivity contribution is -0.885. The van der Waals surface area contributed by atoms with Crippen molar-refractivity contribution in [1.82, 2.24) is 0 Å². The molecule has 0 saturated carbocycles. The number of rotatable bonds is 7. The van der Waals surface area contributed by atoms with E-state index in [1.54, 1.807) is 44.3 Å². The predicted octanol–water partition coefficient (Wildman–Crippen LogP) is 2.43. The minimum Gasteiger partial charge on any atom is -0.497 e. The minimum atomic E-state index is 0.0421. The molecule has 0 radical (unpaired) electrons. The average Bonchev–Trinajstić information content (AvgIpc) is 2.60. The van der Waals surface area contributed by atoms with Crippen LogP contribution >= 0.6 is 0 Å². The van der Waals surface area contributed by atoms with Crippen LogP contribution in [0.2, 0.25) is 0 Å². The van der Waals surface area contributed by atoms with Gasteiger partial charge in [-0.1, -0.05) is 6.92 Å². The highest BCUT2D eigenvalue weighted by Gasteiger charge is 2.18. The molecule has 1 unspecified atom stereocenters. The molecule has 1 heterocycles. The van der Waals surface area contributed by atoms with Gasteiger partial charge in [0.25, 0.3) is 0 Å². The molecule has 0 N–H and O–H groups in total. The normalized spacial score (nSPS) is 11.7. The lowest BCUT2D eigenvalue weighted by Gasteiger charge is -2.13. The molecule has 122 valence electrons. The van der Waals surface area contributed by atoms with Crippen LogP contribution in [0.5, 0.6) is 11.5 Å². The Balaban J connectivity index is 2.14. The van der Waals surface area contributed by atoms with Gasteiger partial charge in [-0.3, -0.25) is 9.63 Å². The van der Waals surface area contributed by atoms with Gasteiger partial charge in [0.05, 0.1) is 19.8 Å². The zero-order chi connectivity index (χ0) is 16.8. The molecule has 2 rings (SSSR count). The van der Waals surface area contributed by atoms with E-state index < -0.39 is 0 Å². The van der Waals surface area contributed by atoms with Crippen LogP contribution in [0, 0.1) is 0 Å². The summed E-state index contributed by atoms with van der Waals surface area (Å²) in [6.07, 6.45) is 4.05.